The molecule has 2 rings (SSSR count). The van der Waals surface area contributed by atoms with E-state index in [0.29, 0.717) is 18.1 Å². The van der Waals surface area contributed by atoms with Crippen LogP contribution in [0.3, 0.4) is 0 Å². The van der Waals surface area contributed by atoms with Crippen molar-refractivity contribution in [2.45, 2.75) is 6.42 Å². The third kappa shape index (κ3) is 3.25. The van der Waals surface area contributed by atoms with Crippen molar-refractivity contribution in [3.63, 3.8) is 0 Å². The lowest BCUT2D eigenvalue weighted by Crippen LogP contribution is -2.17. The zero-order valence-electron chi connectivity index (χ0n) is 10.4. The smallest absolute Gasteiger partial charge is 0.271 e. The first-order chi connectivity index (χ1) is 9.08. The molecule has 0 saturated heterocycles. The summed E-state index contributed by atoms with van der Waals surface area (Å²) >= 11 is 3.27. The molecule has 2 aromatic heterocycles. The van der Waals surface area contributed by atoms with Gasteiger partial charge < -0.3 is 20.6 Å². The Labute approximate surface area is 118 Å². The standard InChI is InChI=1S/C12H14BrN5O/c1-18-9(7-17-12(18)14)3-2-4-15-11(19)10-5-8(13)6-16-10/h2,4-7,16H,3H2,1H3,(H2,14,17)(H,15,19). The highest BCUT2D eigenvalue weighted by Crippen LogP contribution is 2.10. The summed E-state index contributed by atoms with van der Waals surface area (Å²) in [6.45, 7) is 0. The van der Waals surface area contributed by atoms with Crippen LogP contribution in [0.2, 0.25) is 0 Å². The lowest BCUT2D eigenvalue weighted by molar-refractivity contribution is 0.0965. The lowest BCUT2D eigenvalue weighted by atomic mass is 10.3. The van der Waals surface area contributed by atoms with E-state index in [9.17, 15) is 4.79 Å². The van der Waals surface area contributed by atoms with Crippen molar-refractivity contribution in [3.8, 4) is 0 Å². The Morgan fingerprint density at radius 1 is 1.68 bits per heavy atom. The van der Waals surface area contributed by atoms with Crippen LogP contribution in [0.5, 0.6) is 0 Å². The number of imidazole rings is 1. The molecule has 0 bridgehead atoms. The lowest BCUT2D eigenvalue weighted by Gasteiger charge is -2.00. The summed E-state index contributed by atoms with van der Waals surface area (Å²) in [5.41, 5.74) is 7.10. The molecule has 0 aliphatic heterocycles. The number of carbonyl (C=O) groups is 1. The predicted octanol–water partition coefficient (Wildman–Crippen LogP) is 1.58. The Morgan fingerprint density at radius 3 is 3.05 bits per heavy atom. The number of halogens is 1. The van der Waals surface area contributed by atoms with Gasteiger partial charge >= 0.3 is 0 Å². The highest BCUT2D eigenvalue weighted by molar-refractivity contribution is 9.10. The average molecular weight is 324 g/mol. The molecule has 19 heavy (non-hydrogen) atoms. The molecule has 0 aliphatic rings. The number of allylic oxidation sites excluding steroid dienone is 1. The first-order valence-corrected chi connectivity index (χ1v) is 6.43. The molecule has 0 unspecified atom stereocenters. The molecule has 0 radical (unpaired) electrons. The molecule has 0 spiro atoms. The van der Waals surface area contributed by atoms with Gasteiger partial charge in [-0.3, -0.25) is 4.79 Å². The number of anilines is 1. The molecular formula is C12H14BrN5O. The number of nitrogens with zero attached hydrogens (tertiary/aromatic N) is 2. The van der Waals surface area contributed by atoms with E-state index < -0.39 is 0 Å². The molecule has 0 atom stereocenters. The van der Waals surface area contributed by atoms with Gasteiger partial charge in [0.05, 0.1) is 6.20 Å². The maximum Gasteiger partial charge on any atom is 0.271 e. The van der Waals surface area contributed by atoms with Crippen LogP contribution in [0.15, 0.2) is 35.2 Å². The fourth-order valence-electron chi connectivity index (χ4n) is 1.54. The summed E-state index contributed by atoms with van der Waals surface area (Å²) in [5, 5.41) is 2.68. The average Bonchev–Trinajstić information content (AvgIpc) is 2.94. The maximum absolute atomic E-state index is 11.7. The van der Waals surface area contributed by atoms with Crippen LogP contribution in [0.25, 0.3) is 0 Å². The second-order valence-corrected chi connectivity index (χ2v) is 4.89. The summed E-state index contributed by atoms with van der Waals surface area (Å²) in [7, 11) is 1.85. The van der Waals surface area contributed by atoms with Gasteiger partial charge in [-0.1, -0.05) is 6.08 Å². The number of rotatable bonds is 4. The van der Waals surface area contributed by atoms with Gasteiger partial charge in [0.2, 0.25) is 0 Å². The van der Waals surface area contributed by atoms with Crippen LogP contribution in [-0.4, -0.2) is 20.4 Å². The Kier molecular flexibility index (Phi) is 4.06. The van der Waals surface area contributed by atoms with E-state index in [4.69, 9.17) is 5.73 Å². The maximum atomic E-state index is 11.7. The fraction of sp³-hybridized carbons (Fsp3) is 0.167. The molecule has 2 heterocycles. The zero-order valence-corrected chi connectivity index (χ0v) is 11.9. The van der Waals surface area contributed by atoms with Gasteiger partial charge in [-0.15, -0.1) is 0 Å². The Bertz CT molecular complexity index is 613. The molecule has 7 heteroatoms. The number of nitrogens with two attached hydrogens (primary N) is 1. The number of nitrogen functional groups attached to an aromatic ring is 1. The Morgan fingerprint density at radius 2 is 2.47 bits per heavy atom. The molecule has 0 aliphatic carbocycles. The highest BCUT2D eigenvalue weighted by Gasteiger charge is 2.05. The highest BCUT2D eigenvalue weighted by atomic mass is 79.9. The molecule has 4 N–H and O–H groups in total. The number of aromatic nitrogens is 3. The van der Waals surface area contributed by atoms with E-state index in [1.54, 1.807) is 29.2 Å². The molecule has 0 aromatic carbocycles. The summed E-state index contributed by atoms with van der Waals surface area (Å²) < 4.78 is 2.64. The molecule has 6 nitrogen and oxygen atoms in total. The minimum atomic E-state index is -0.188. The predicted molar refractivity (Wildman–Crippen MR) is 76.4 cm³/mol. The van der Waals surface area contributed by atoms with Crippen molar-refractivity contribution in [1.29, 1.82) is 0 Å². The number of amides is 1. The molecule has 100 valence electrons. The van der Waals surface area contributed by atoms with Crippen LogP contribution >= 0.6 is 15.9 Å². The Hall–Kier alpha value is -2.02. The van der Waals surface area contributed by atoms with E-state index >= 15 is 0 Å². The van der Waals surface area contributed by atoms with E-state index in [1.807, 2.05) is 13.1 Å². The summed E-state index contributed by atoms with van der Waals surface area (Å²) in [6, 6.07) is 1.71. The summed E-state index contributed by atoms with van der Waals surface area (Å²) in [6.07, 6.45) is 7.52. The second-order valence-electron chi connectivity index (χ2n) is 3.98. The quantitative estimate of drug-likeness (QED) is 0.798. The Balaban J connectivity index is 1.87. The third-order valence-electron chi connectivity index (χ3n) is 2.67. The van der Waals surface area contributed by atoms with Gasteiger partial charge in [-0.2, -0.15) is 0 Å². The van der Waals surface area contributed by atoms with Crippen LogP contribution in [0.1, 0.15) is 16.2 Å². The topological polar surface area (TPSA) is 88.7 Å². The molecular weight excluding hydrogens is 310 g/mol. The van der Waals surface area contributed by atoms with Gasteiger partial charge in [0.1, 0.15) is 5.69 Å². The van der Waals surface area contributed by atoms with Crippen molar-refractivity contribution in [1.82, 2.24) is 19.9 Å². The van der Waals surface area contributed by atoms with Crippen molar-refractivity contribution < 1.29 is 4.79 Å². The van der Waals surface area contributed by atoms with E-state index in [-0.39, 0.29) is 5.91 Å². The monoisotopic (exact) mass is 323 g/mol. The van der Waals surface area contributed by atoms with Gasteiger partial charge in [-0.05, 0) is 22.0 Å². The van der Waals surface area contributed by atoms with Crippen LogP contribution in [-0.2, 0) is 13.5 Å². The van der Waals surface area contributed by atoms with Gasteiger partial charge in [-0.25, -0.2) is 4.98 Å². The summed E-state index contributed by atoms with van der Waals surface area (Å²) in [4.78, 5) is 18.5. The zero-order chi connectivity index (χ0) is 13.8. The largest absolute Gasteiger partial charge is 0.369 e. The van der Waals surface area contributed by atoms with Crippen LogP contribution in [0, 0.1) is 0 Å². The number of nitrogens with one attached hydrogen (secondary N) is 2. The normalized spacial score (nSPS) is 11.1. The second kappa shape index (κ2) is 5.75. The number of H-pyrrole nitrogens is 1. The third-order valence-corrected chi connectivity index (χ3v) is 3.13. The summed E-state index contributed by atoms with van der Waals surface area (Å²) in [5.74, 6) is 0.287. The van der Waals surface area contributed by atoms with Gasteiger partial charge in [0.25, 0.3) is 5.91 Å². The SMILES string of the molecule is Cn1c(CC=CNC(=O)c2cc(Br)c[nH]2)cnc1N. The number of aromatic amines is 1. The van der Waals surface area contributed by atoms with Gasteiger partial charge in [0, 0.05) is 36.0 Å². The molecule has 0 fully saturated rings. The van der Waals surface area contributed by atoms with Crippen molar-refractivity contribution >= 4 is 27.8 Å². The van der Waals surface area contributed by atoms with Crippen molar-refractivity contribution in [2.75, 3.05) is 5.73 Å². The van der Waals surface area contributed by atoms with E-state index in [2.05, 4.69) is 31.2 Å². The van der Waals surface area contributed by atoms with E-state index in [0.717, 1.165) is 10.2 Å². The van der Waals surface area contributed by atoms with Crippen molar-refractivity contribution in [2.24, 2.45) is 7.05 Å². The van der Waals surface area contributed by atoms with Crippen molar-refractivity contribution in [3.05, 3.63) is 46.6 Å². The fourth-order valence-corrected chi connectivity index (χ4v) is 1.89. The molecule has 1 amide bonds. The number of hydrogen-bond donors (Lipinski definition) is 3. The van der Waals surface area contributed by atoms with Crippen LogP contribution in [0.4, 0.5) is 5.95 Å². The van der Waals surface area contributed by atoms with Crippen LogP contribution < -0.4 is 11.1 Å². The molecule has 0 saturated carbocycles. The minimum Gasteiger partial charge on any atom is -0.369 e. The van der Waals surface area contributed by atoms with E-state index in [1.165, 1.54) is 0 Å². The number of carbonyl (C=O) groups excluding carboxylic acids is 1. The first kappa shape index (κ1) is 13.4. The minimum absolute atomic E-state index is 0.188. The van der Waals surface area contributed by atoms with Gasteiger partial charge in [0.15, 0.2) is 5.95 Å². The molecule has 2 aromatic rings. The first-order valence-electron chi connectivity index (χ1n) is 5.64. The number of hydrogen-bond acceptors (Lipinski definition) is 3.